The van der Waals surface area contributed by atoms with E-state index in [0.29, 0.717) is 0 Å². The van der Waals surface area contributed by atoms with Crippen LogP contribution in [0.2, 0.25) is 0 Å². The van der Waals surface area contributed by atoms with Crippen LogP contribution in [-0.4, -0.2) is 45.0 Å². The van der Waals surface area contributed by atoms with Crippen LogP contribution in [0.25, 0.3) is 0 Å². The van der Waals surface area contributed by atoms with E-state index >= 15 is 0 Å². The lowest BCUT2D eigenvalue weighted by atomic mass is 10.0. The summed E-state index contributed by atoms with van der Waals surface area (Å²) < 4.78 is 12.5. The first-order chi connectivity index (χ1) is 7.68. The molecule has 0 saturated carbocycles. The highest BCUT2D eigenvalue weighted by Crippen LogP contribution is 2.14. The first-order valence-electron chi connectivity index (χ1n) is 4.57. The summed E-state index contributed by atoms with van der Waals surface area (Å²) in [5.41, 5.74) is 0.195. The smallest absolute Gasteiger partial charge is 0.311 e. The van der Waals surface area contributed by atoms with Gasteiger partial charge in [-0.3, -0.25) is 9.59 Å². The van der Waals surface area contributed by atoms with Crippen LogP contribution in [-0.2, 0) is 9.53 Å². The van der Waals surface area contributed by atoms with Gasteiger partial charge >= 0.3 is 5.97 Å². The van der Waals surface area contributed by atoms with Crippen molar-refractivity contribution in [2.45, 2.75) is 6.04 Å². The number of carbonyl (C=O) groups excluding carboxylic acids is 1. The second-order valence-corrected chi connectivity index (χ2v) is 3.91. The number of carboxylic acid groups (broad SMARTS) is 1. The zero-order valence-electron chi connectivity index (χ0n) is 8.12. The number of aliphatic carboxylic acids is 1. The number of nitrogens with zero attached hydrogens (tertiary/aromatic N) is 2. The second-order valence-electron chi connectivity index (χ2n) is 3.35. The number of aromatic nitrogens is 2. The Bertz CT molecular complexity index is 394. The molecular weight excluding hydrogens is 234 g/mol. The molecule has 2 rings (SSSR count). The van der Waals surface area contributed by atoms with Gasteiger partial charge in [0.1, 0.15) is 5.92 Å². The minimum Gasteiger partial charge on any atom is -0.481 e. The van der Waals surface area contributed by atoms with Crippen LogP contribution < -0.4 is 5.32 Å². The molecule has 0 aliphatic carbocycles. The van der Waals surface area contributed by atoms with Crippen molar-refractivity contribution >= 4 is 23.6 Å². The quantitative estimate of drug-likeness (QED) is 0.732. The summed E-state index contributed by atoms with van der Waals surface area (Å²) in [5.74, 6) is -2.09. The van der Waals surface area contributed by atoms with Crippen LogP contribution >= 0.6 is 11.7 Å². The average Bonchev–Trinajstić information content (AvgIpc) is 2.86. The molecule has 0 radical (unpaired) electrons. The molecule has 0 spiro atoms. The van der Waals surface area contributed by atoms with E-state index in [2.05, 4.69) is 14.1 Å². The van der Waals surface area contributed by atoms with Crippen LogP contribution in [0.3, 0.4) is 0 Å². The Kier molecular flexibility index (Phi) is 3.11. The number of carbonyl (C=O) groups is 2. The van der Waals surface area contributed by atoms with Crippen LogP contribution in [0.5, 0.6) is 0 Å². The lowest BCUT2D eigenvalue weighted by molar-refractivity contribution is -0.142. The number of hydrogen-bond donors (Lipinski definition) is 2. The summed E-state index contributed by atoms with van der Waals surface area (Å²) >= 11 is 0.925. The molecule has 2 unspecified atom stereocenters. The topological polar surface area (TPSA) is 101 Å². The van der Waals surface area contributed by atoms with Crippen molar-refractivity contribution in [3.05, 3.63) is 11.9 Å². The maximum atomic E-state index is 11.6. The molecule has 1 aliphatic rings. The zero-order chi connectivity index (χ0) is 11.5. The molecule has 7 nitrogen and oxygen atoms in total. The third-order valence-corrected chi connectivity index (χ3v) is 2.79. The Labute approximate surface area is 94.8 Å². The van der Waals surface area contributed by atoms with Crippen molar-refractivity contribution in [2.24, 2.45) is 5.92 Å². The molecule has 1 aromatic heterocycles. The van der Waals surface area contributed by atoms with Crippen LogP contribution in [0.15, 0.2) is 6.20 Å². The van der Waals surface area contributed by atoms with Crippen LogP contribution in [0.1, 0.15) is 10.5 Å². The molecule has 0 aromatic carbocycles. The van der Waals surface area contributed by atoms with Crippen LogP contribution in [0, 0.1) is 5.92 Å². The van der Waals surface area contributed by atoms with Gasteiger partial charge in [0.25, 0.3) is 5.91 Å². The molecule has 1 amide bonds. The van der Waals surface area contributed by atoms with Gasteiger partial charge in [0.2, 0.25) is 0 Å². The summed E-state index contributed by atoms with van der Waals surface area (Å²) in [6.07, 6.45) is 1.34. The molecular formula is C8H9N3O4S. The summed E-state index contributed by atoms with van der Waals surface area (Å²) in [6.45, 7) is 0.329. The summed E-state index contributed by atoms with van der Waals surface area (Å²) in [6, 6.07) is -0.508. The highest BCUT2D eigenvalue weighted by atomic mass is 32.1. The number of rotatable bonds is 3. The molecule has 1 aliphatic heterocycles. The minimum absolute atomic E-state index is 0.121. The van der Waals surface area contributed by atoms with Crippen molar-refractivity contribution < 1.29 is 19.4 Å². The monoisotopic (exact) mass is 243 g/mol. The number of amides is 1. The number of nitrogens with one attached hydrogen (secondary N) is 1. The van der Waals surface area contributed by atoms with Gasteiger partial charge in [-0.1, -0.05) is 0 Å². The van der Waals surface area contributed by atoms with Crippen molar-refractivity contribution in [3.8, 4) is 0 Å². The molecule has 1 saturated heterocycles. The Morgan fingerprint density at radius 2 is 2.38 bits per heavy atom. The predicted molar refractivity (Wildman–Crippen MR) is 53.1 cm³/mol. The van der Waals surface area contributed by atoms with E-state index in [1.807, 2.05) is 0 Å². The zero-order valence-corrected chi connectivity index (χ0v) is 8.94. The highest BCUT2D eigenvalue weighted by molar-refractivity contribution is 6.99. The maximum absolute atomic E-state index is 11.6. The van der Waals surface area contributed by atoms with E-state index in [-0.39, 0.29) is 18.9 Å². The first kappa shape index (κ1) is 11.0. The molecule has 86 valence electrons. The maximum Gasteiger partial charge on any atom is 0.311 e. The van der Waals surface area contributed by atoms with E-state index in [1.165, 1.54) is 6.20 Å². The predicted octanol–water partition coefficient (Wildman–Crippen LogP) is -0.633. The number of hydrogen-bond acceptors (Lipinski definition) is 6. The van der Waals surface area contributed by atoms with E-state index in [9.17, 15) is 9.59 Å². The van der Waals surface area contributed by atoms with Gasteiger partial charge in [-0.2, -0.15) is 8.75 Å². The highest BCUT2D eigenvalue weighted by Gasteiger charge is 2.35. The average molecular weight is 243 g/mol. The Balaban J connectivity index is 1.99. The summed E-state index contributed by atoms with van der Waals surface area (Å²) in [4.78, 5) is 22.4. The molecule has 0 bridgehead atoms. The van der Waals surface area contributed by atoms with Gasteiger partial charge in [-0.25, -0.2) is 0 Å². The Morgan fingerprint density at radius 1 is 1.56 bits per heavy atom. The largest absolute Gasteiger partial charge is 0.481 e. The van der Waals surface area contributed by atoms with E-state index < -0.39 is 23.8 Å². The fourth-order valence-electron chi connectivity index (χ4n) is 1.45. The first-order valence-corrected chi connectivity index (χ1v) is 5.30. The van der Waals surface area contributed by atoms with Gasteiger partial charge in [-0.15, -0.1) is 0 Å². The fraction of sp³-hybridized carbons (Fsp3) is 0.500. The van der Waals surface area contributed by atoms with E-state index in [4.69, 9.17) is 9.84 Å². The second kappa shape index (κ2) is 4.54. The minimum atomic E-state index is -0.973. The number of ether oxygens (including phenoxy) is 1. The Morgan fingerprint density at radius 3 is 3.00 bits per heavy atom. The number of carboxylic acids is 1. The molecule has 8 heteroatoms. The van der Waals surface area contributed by atoms with E-state index in [1.54, 1.807) is 0 Å². The lowest BCUT2D eigenvalue weighted by Gasteiger charge is -2.14. The van der Waals surface area contributed by atoms with Gasteiger partial charge in [0.15, 0.2) is 5.69 Å². The molecule has 2 atom stereocenters. The van der Waals surface area contributed by atoms with Crippen molar-refractivity contribution in [1.82, 2.24) is 14.1 Å². The van der Waals surface area contributed by atoms with Gasteiger partial charge in [0.05, 0.1) is 37.2 Å². The molecule has 16 heavy (non-hydrogen) atoms. The summed E-state index contributed by atoms with van der Waals surface area (Å²) in [5, 5.41) is 11.4. The molecule has 1 aromatic rings. The molecule has 2 heterocycles. The van der Waals surface area contributed by atoms with Gasteiger partial charge < -0.3 is 15.2 Å². The standard InChI is InChI=1S/C8H9N3O4S/c12-7(5-1-9-16-11-5)10-6-3-15-2-4(6)8(13)14/h1,4,6H,2-3H2,(H,10,12)(H,13,14). The van der Waals surface area contributed by atoms with Crippen molar-refractivity contribution in [3.63, 3.8) is 0 Å². The van der Waals surface area contributed by atoms with E-state index in [0.717, 1.165) is 11.7 Å². The van der Waals surface area contributed by atoms with Crippen LogP contribution in [0.4, 0.5) is 0 Å². The van der Waals surface area contributed by atoms with Crippen molar-refractivity contribution in [1.29, 1.82) is 0 Å². The third kappa shape index (κ3) is 2.17. The Hall–Kier alpha value is -1.54. The summed E-state index contributed by atoms with van der Waals surface area (Å²) in [7, 11) is 0. The van der Waals surface area contributed by atoms with Gasteiger partial charge in [-0.05, 0) is 0 Å². The van der Waals surface area contributed by atoms with Gasteiger partial charge in [0, 0.05) is 0 Å². The SMILES string of the molecule is O=C(NC1COCC1C(=O)O)c1cnsn1. The normalized spacial score (nSPS) is 24.2. The molecule has 1 fully saturated rings. The lowest BCUT2D eigenvalue weighted by Crippen LogP contribution is -2.42. The van der Waals surface area contributed by atoms with Crippen molar-refractivity contribution in [2.75, 3.05) is 13.2 Å². The third-order valence-electron chi connectivity index (χ3n) is 2.31. The fourth-order valence-corrected chi connectivity index (χ4v) is 1.86. The molecule has 2 N–H and O–H groups in total.